The molecule has 24 heavy (non-hydrogen) atoms. The van der Waals surface area contributed by atoms with Crippen LogP contribution in [0.4, 0.5) is 0 Å². The molecule has 1 aliphatic rings. The number of nitrogens with zero attached hydrogens (tertiary/aromatic N) is 2. The highest BCUT2D eigenvalue weighted by molar-refractivity contribution is 6.30. The lowest BCUT2D eigenvalue weighted by molar-refractivity contribution is -0.147. The molecule has 5 nitrogen and oxygen atoms in total. The third kappa shape index (κ3) is 4.63. The van der Waals surface area contributed by atoms with Crippen molar-refractivity contribution in [3.63, 3.8) is 0 Å². The molecule has 0 bridgehead atoms. The Hall–Kier alpha value is -1.75. The maximum Gasteiger partial charge on any atom is 0.263 e. The minimum absolute atomic E-state index is 0.0715. The molecule has 1 saturated heterocycles. The second-order valence-corrected chi connectivity index (χ2v) is 7.52. The van der Waals surface area contributed by atoms with Crippen LogP contribution in [0.15, 0.2) is 24.3 Å². The fourth-order valence-electron chi connectivity index (χ4n) is 2.66. The molecule has 0 saturated carbocycles. The summed E-state index contributed by atoms with van der Waals surface area (Å²) in [6.07, 6.45) is -0.590. The summed E-state index contributed by atoms with van der Waals surface area (Å²) in [7, 11) is 0. The first-order valence-electron chi connectivity index (χ1n) is 8.19. The van der Waals surface area contributed by atoms with Gasteiger partial charge in [-0.15, -0.1) is 0 Å². The SMILES string of the molecule is CC(Oc1cccc(Cl)c1)C(=O)N1CCN(C(=O)C(C)(C)C)CC1. The van der Waals surface area contributed by atoms with Crippen LogP contribution in [0.5, 0.6) is 5.75 Å². The summed E-state index contributed by atoms with van der Waals surface area (Å²) < 4.78 is 5.68. The molecule has 1 aliphatic heterocycles. The average molecular weight is 353 g/mol. The predicted octanol–water partition coefficient (Wildman–Crippen LogP) is 2.82. The van der Waals surface area contributed by atoms with Crippen molar-refractivity contribution in [1.82, 2.24) is 9.80 Å². The largest absolute Gasteiger partial charge is 0.481 e. The first-order valence-corrected chi connectivity index (χ1v) is 8.56. The second kappa shape index (κ2) is 7.43. The Morgan fingerprint density at radius 1 is 1.12 bits per heavy atom. The summed E-state index contributed by atoms with van der Waals surface area (Å²) in [6.45, 7) is 9.65. The van der Waals surface area contributed by atoms with Crippen LogP contribution < -0.4 is 4.74 Å². The highest BCUT2D eigenvalue weighted by Gasteiger charge is 2.32. The van der Waals surface area contributed by atoms with E-state index in [9.17, 15) is 9.59 Å². The van der Waals surface area contributed by atoms with Crippen LogP contribution in [0.3, 0.4) is 0 Å². The first-order chi connectivity index (χ1) is 11.2. The zero-order valence-electron chi connectivity index (χ0n) is 14.7. The third-order valence-electron chi connectivity index (χ3n) is 3.98. The van der Waals surface area contributed by atoms with E-state index in [2.05, 4.69) is 0 Å². The van der Waals surface area contributed by atoms with Crippen LogP contribution >= 0.6 is 11.6 Å². The molecule has 0 N–H and O–H groups in total. The summed E-state index contributed by atoms with van der Waals surface area (Å²) >= 11 is 5.93. The maximum atomic E-state index is 12.5. The highest BCUT2D eigenvalue weighted by atomic mass is 35.5. The van der Waals surface area contributed by atoms with Gasteiger partial charge in [-0.1, -0.05) is 38.4 Å². The molecule has 1 aromatic carbocycles. The minimum Gasteiger partial charge on any atom is -0.481 e. The van der Waals surface area contributed by atoms with Gasteiger partial charge < -0.3 is 14.5 Å². The molecule has 0 radical (unpaired) electrons. The molecule has 2 rings (SSSR count). The van der Waals surface area contributed by atoms with E-state index in [1.165, 1.54) is 0 Å². The molecule has 1 heterocycles. The number of carbonyl (C=O) groups excluding carboxylic acids is 2. The third-order valence-corrected chi connectivity index (χ3v) is 4.21. The number of benzene rings is 1. The van der Waals surface area contributed by atoms with Gasteiger partial charge >= 0.3 is 0 Å². The van der Waals surface area contributed by atoms with Crippen molar-refractivity contribution in [2.24, 2.45) is 5.41 Å². The van der Waals surface area contributed by atoms with Gasteiger partial charge in [-0.05, 0) is 25.1 Å². The summed E-state index contributed by atoms with van der Waals surface area (Å²) in [5.74, 6) is 0.626. The number of hydrogen-bond donors (Lipinski definition) is 0. The van der Waals surface area contributed by atoms with Gasteiger partial charge in [0.15, 0.2) is 6.10 Å². The van der Waals surface area contributed by atoms with Crippen molar-refractivity contribution in [2.75, 3.05) is 26.2 Å². The lowest BCUT2D eigenvalue weighted by atomic mass is 9.94. The summed E-state index contributed by atoms with van der Waals surface area (Å²) in [6, 6.07) is 7.00. The van der Waals surface area contributed by atoms with E-state index >= 15 is 0 Å². The average Bonchev–Trinajstić information content (AvgIpc) is 2.52. The second-order valence-electron chi connectivity index (χ2n) is 7.08. The van der Waals surface area contributed by atoms with Crippen molar-refractivity contribution in [3.05, 3.63) is 29.3 Å². The molecule has 0 spiro atoms. The molecule has 2 amide bonds. The number of piperazine rings is 1. The van der Waals surface area contributed by atoms with Crippen LogP contribution in [0.25, 0.3) is 0 Å². The van der Waals surface area contributed by atoms with E-state index in [0.717, 1.165) is 0 Å². The quantitative estimate of drug-likeness (QED) is 0.840. The maximum absolute atomic E-state index is 12.5. The Labute approximate surface area is 148 Å². The van der Waals surface area contributed by atoms with Crippen LogP contribution in [-0.2, 0) is 9.59 Å². The Bertz CT molecular complexity index is 605. The van der Waals surface area contributed by atoms with Gasteiger partial charge in [-0.25, -0.2) is 0 Å². The Morgan fingerprint density at radius 2 is 1.71 bits per heavy atom. The normalized spacial score (nSPS) is 16.7. The number of carbonyl (C=O) groups is 2. The highest BCUT2D eigenvalue weighted by Crippen LogP contribution is 2.20. The standard InChI is InChI=1S/C18H25ClN2O3/c1-13(24-15-7-5-6-14(19)12-15)16(22)20-8-10-21(11-9-20)17(23)18(2,3)4/h5-7,12-13H,8-11H2,1-4H3. The predicted molar refractivity (Wildman–Crippen MR) is 94.2 cm³/mol. The van der Waals surface area contributed by atoms with E-state index in [0.29, 0.717) is 37.0 Å². The first kappa shape index (κ1) is 18.6. The molecule has 0 aliphatic carbocycles. The van der Waals surface area contributed by atoms with E-state index in [1.54, 1.807) is 36.1 Å². The van der Waals surface area contributed by atoms with Gasteiger partial charge in [-0.2, -0.15) is 0 Å². The van der Waals surface area contributed by atoms with Gasteiger partial charge in [0, 0.05) is 36.6 Å². The fourth-order valence-corrected chi connectivity index (χ4v) is 2.84. The Morgan fingerprint density at radius 3 is 2.25 bits per heavy atom. The van der Waals surface area contributed by atoms with Gasteiger partial charge in [0.1, 0.15) is 5.75 Å². The van der Waals surface area contributed by atoms with Gasteiger partial charge in [0.2, 0.25) is 5.91 Å². The smallest absolute Gasteiger partial charge is 0.263 e. The molecule has 6 heteroatoms. The summed E-state index contributed by atoms with van der Waals surface area (Å²) in [5, 5.41) is 0.571. The summed E-state index contributed by atoms with van der Waals surface area (Å²) in [5.41, 5.74) is -0.394. The van der Waals surface area contributed by atoms with Crippen molar-refractivity contribution in [3.8, 4) is 5.75 Å². The van der Waals surface area contributed by atoms with Crippen LogP contribution in [0, 0.1) is 5.41 Å². The van der Waals surface area contributed by atoms with Crippen molar-refractivity contribution in [1.29, 1.82) is 0 Å². The van der Waals surface area contributed by atoms with Crippen LogP contribution in [-0.4, -0.2) is 53.9 Å². The topological polar surface area (TPSA) is 49.9 Å². The Kier molecular flexibility index (Phi) is 5.75. The van der Waals surface area contributed by atoms with Crippen molar-refractivity contribution in [2.45, 2.75) is 33.8 Å². The van der Waals surface area contributed by atoms with Gasteiger partial charge in [0.25, 0.3) is 5.91 Å². The zero-order valence-corrected chi connectivity index (χ0v) is 15.5. The van der Waals surface area contributed by atoms with Crippen LogP contribution in [0.2, 0.25) is 5.02 Å². The summed E-state index contributed by atoms with van der Waals surface area (Å²) in [4.78, 5) is 28.4. The number of hydrogen-bond acceptors (Lipinski definition) is 3. The van der Waals surface area contributed by atoms with E-state index in [4.69, 9.17) is 16.3 Å². The van der Waals surface area contributed by atoms with Crippen molar-refractivity contribution < 1.29 is 14.3 Å². The lowest BCUT2D eigenvalue weighted by Gasteiger charge is -2.38. The number of amides is 2. The van der Waals surface area contributed by atoms with Crippen LogP contribution in [0.1, 0.15) is 27.7 Å². The molecular weight excluding hydrogens is 328 g/mol. The molecule has 1 aromatic rings. The zero-order chi connectivity index (χ0) is 17.9. The van der Waals surface area contributed by atoms with E-state index in [1.807, 2.05) is 25.7 Å². The molecule has 1 fully saturated rings. The van der Waals surface area contributed by atoms with Gasteiger partial charge in [0.05, 0.1) is 0 Å². The molecular formula is C18H25ClN2O3. The number of ether oxygens (including phenoxy) is 1. The van der Waals surface area contributed by atoms with E-state index < -0.39 is 11.5 Å². The number of halogens is 1. The van der Waals surface area contributed by atoms with Crippen molar-refractivity contribution >= 4 is 23.4 Å². The minimum atomic E-state index is -0.590. The fraction of sp³-hybridized carbons (Fsp3) is 0.556. The lowest BCUT2D eigenvalue weighted by Crippen LogP contribution is -2.55. The van der Waals surface area contributed by atoms with Gasteiger partial charge in [-0.3, -0.25) is 9.59 Å². The monoisotopic (exact) mass is 352 g/mol. The number of rotatable bonds is 3. The van der Waals surface area contributed by atoms with E-state index in [-0.39, 0.29) is 11.8 Å². The molecule has 1 atom stereocenters. The molecule has 0 aromatic heterocycles. The molecule has 1 unspecified atom stereocenters. The molecule has 132 valence electrons. The Balaban J connectivity index is 1.89.